The van der Waals surface area contributed by atoms with Crippen LogP contribution in [0, 0.1) is 0 Å². The average molecular weight is 314 g/mol. The van der Waals surface area contributed by atoms with Crippen molar-refractivity contribution in [2.24, 2.45) is 0 Å². The predicted octanol–water partition coefficient (Wildman–Crippen LogP) is 0.331. The standard InChI is InChI=1S/C19H19NO.ClH/c1-3-7-16(8-4-1)13-19(18-11-12-21-15-18)20-14-17-9-5-2-6-10-17;/h1-12,15,19-20H,13-14H2;1H. The van der Waals surface area contributed by atoms with Crippen molar-refractivity contribution in [2.45, 2.75) is 19.0 Å². The molecule has 1 atom stereocenters. The molecule has 3 rings (SSSR count). The highest BCUT2D eigenvalue weighted by Gasteiger charge is 2.16. The average Bonchev–Trinajstić information content (AvgIpc) is 3.08. The summed E-state index contributed by atoms with van der Waals surface area (Å²) in [7, 11) is 0. The number of nitrogens with two attached hydrogens (primary N) is 1. The lowest BCUT2D eigenvalue weighted by Crippen LogP contribution is -3.00. The fourth-order valence-corrected chi connectivity index (χ4v) is 2.58. The van der Waals surface area contributed by atoms with Gasteiger partial charge in [-0.2, -0.15) is 0 Å². The molecule has 0 bridgehead atoms. The highest BCUT2D eigenvalue weighted by molar-refractivity contribution is 5.19. The second-order valence-corrected chi connectivity index (χ2v) is 5.28. The van der Waals surface area contributed by atoms with Gasteiger partial charge in [0.15, 0.2) is 0 Å². The Kier molecular flexibility index (Phi) is 6.26. The van der Waals surface area contributed by atoms with Gasteiger partial charge >= 0.3 is 0 Å². The summed E-state index contributed by atoms with van der Waals surface area (Å²) in [6, 6.07) is 23.6. The SMILES string of the molecule is [Cl-].c1ccc(C[NH2+]C(Cc2ccccc2)c2ccoc2)cc1. The van der Waals surface area contributed by atoms with Crippen LogP contribution in [0.25, 0.3) is 0 Å². The molecule has 0 amide bonds. The first kappa shape index (κ1) is 16.3. The van der Waals surface area contributed by atoms with Gasteiger partial charge in [0.25, 0.3) is 0 Å². The second kappa shape index (κ2) is 8.42. The summed E-state index contributed by atoms with van der Waals surface area (Å²) >= 11 is 0. The Morgan fingerprint density at radius 2 is 1.45 bits per heavy atom. The highest BCUT2D eigenvalue weighted by atomic mass is 35.5. The number of rotatable bonds is 6. The van der Waals surface area contributed by atoms with Crippen molar-refractivity contribution in [1.29, 1.82) is 0 Å². The highest BCUT2D eigenvalue weighted by Crippen LogP contribution is 2.15. The minimum absolute atomic E-state index is 0. The van der Waals surface area contributed by atoms with Crippen LogP contribution >= 0.6 is 0 Å². The van der Waals surface area contributed by atoms with Crippen molar-refractivity contribution < 1.29 is 22.1 Å². The van der Waals surface area contributed by atoms with Crippen LogP contribution in [-0.2, 0) is 13.0 Å². The molecule has 2 aromatic carbocycles. The summed E-state index contributed by atoms with van der Waals surface area (Å²) in [4.78, 5) is 0. The number of hydrogen-bond donors (Lipinski definition) is 1. The molecule has 0 aliphatic heterocycles. The summed E-state index contributed by atoms with van der Waals surface area (Å²) in [6.45, 7) is 0.976. The number of quaternary nitrogens is 1. The third-order valence-corrected chi connectivity index (χ3v) is 3.75. The van der Waals surface area contributed by atoms with E-state index < -0.39 is 0 Å². The van der Waals surface area contributed by atoms with Gasteiger partial charge in [-0.15, -0.1) is 0 Å². The Bertz CT molecular complexity index is 638. The maximum absolute atomic E-state index is 5.27. The van der Waals surface area contributed by atoms with Crippen molar-refractivity contribution in [3.8, 4) is 0 Å². The van der Waals surface area contributed by atoms with Crippen LogP contribution in [0.1, 0.15) is 22.7 Å². The van der Waals surface area contributed by atoms with Gasteiger partial charge in [-0.25, -0.2) is 0 Å². The Morgan fingerprint density at radius 3 is 2.05 bits per heavy atom. The summed E-state index contributed by atoms with van der Waals surface area (Å²) in [6.07, 6.45) is 4.62. The molecule has 0 saturated carbocycles. The molecule has 0 aliphatic carbocycles. The molecule has 1 aromatic heterocycles. The van der Waals surface area contributed by atoms with E-state index in [0.29, 0.717) is 6.04 Å². The molecule has 0 fully saturated rings. The summed E-state index contributed by atoms with van der Waals surface area (Å²) in [5.74, 6) is 0. The molecule has 114 valence electrons. The van der Waals surface area contributed by atoms with Crippen LogP contribution in [-0.4, -0.2) is 0 Å². The van der Waals surface area contributed by atoms with Gasteiger partial charge in [0.2, 0.25) is 0 Å². The second-order valence-electron chi connectivity index (χ2n) is 5.28. The number of furan rings is 1. The molecule has 1 unspecified atom stereocenters. The minimum atomic E-state index is 0. The zero-order valence-electron chi connectivity index (χ0n) is 12.4. The van der Waals surface area contributed by atoms with Crippen LogP contribution in [0.15, 0.2) is 83.7 Å². The molecule has 0 radical (unpaired) electrons. The fraction of sp³-hybridized carbons (Fsp3) is 0.158. The van der Waals surface area contributed by atoms with Gasteiger partial charge in [-0.3, -0.25) is 0 Å². The van der Waals surface area contributed by atoms with Gasteiger partial charge in [-0.05, 0) is 11.6 Å². The molecule has 0 spiro atoms. The Hall–Kier alpha value is -2.03. The Labute approximate surface area is 137 Å². The van der Waals surface area contributed by atoms with Crippen molar-refractivity contribution in [1.82, 2.24) is 0 Å². The third kappa shape index (κ3) is 4.48. The minimum Gasteiger partial charge on any atom is -1.00 e. The number of benzene rings is 2. The van der Waals surface area contributed by atoms with Crippen molar-refractivity contribution >= 4 is 0 Å². The first-order valence-corrected chi connectivity index (χ1v) is 7.35. The van der Waals surface area contributed by atoms with E-state index in [1.165, 1.54) is 16.7 Å². The first-order chi connectivity index (χ1) is 10.4. The Morgan fingerprint density at radius 1 is 0.818 bits per heavy atom. The van der Waals surface area contributed by atoms with Gasteiger partial charge in [0, 0.05) is 17.5 Å². The van der Waals surface area contributed by atoms with Crippen LogP contribution in [0.4, 0.5) is 0 Å². The van der Waals surface area contributed by atoms with E-state index in [0.717, 1.165) is 13.0 Å². The van der Waals surface area contributed by atoms with Crippen LogP contribution in [0.3, 0.4) is 0 Å². The monoisotopic (exact) mass is 313 g/mol. The summed E-state index contributed by atoms with van der Waals surface area (Å²) in [5.41, 5.74) is 3.95. The summed E-state index contributed by atoms with van der Waals surface area (Å²) in [5, 5.41) is 2.38. The maximum atomic E-state index is 5.27. The molecular weight excluding hydrogens is 294 g/mol. The van der Waals surface area contributed by atoms with E-state index in [9.17, 15) is 0 Å². The van der Waals surface area contributed by atoms with E-state index in [-0.39, 0.29) is 12.4 Å². The lowest BCUT2D eigenvalue weighted by atomic mass is 10.0. The first-order valence-electron chi connectivity index (χ1n) is 7.35. The smallest absolute Gasteiger partial charge is 0.119 e. The molecule has 0 aliphatic rings. The van der Waals surface area contributed by atoms with Gasteiger partial charge in [0.05, 0.1) is 12.5 Å². The lowest BCUT2D eigenvalue weighted by Gasteiger charge is -2.14. The zero-order valence-corrected chi connectivity index (χ0v) is 13.1. The summed E-state index contributed by atoms with van der Waals surface area (Å²) < 4.78 is 5.27. The van der Waals surface area contributed by atoms with Crippen LogP contribution in [0.5, 0.6) is 0 Å². The molecule has 2 nitrogen and oxygen atoms in total. The number of hydrogen-bond acceptors (Lipinski definition) is 1. The largest absolute Gasteiger partial charge is 1.00 e. The quantitative estimate of drug-likeness (QED) is 0.698. The Balaban J connectivity index is 0.00000176. The van der Waals surface area contributed by atoms with E-state index in [1.54, 1.807) is 6.26 Å². The van der Waals surface area contributed by atoms with Crippen molar-refractivity contribution in [2.75, 3.05) is 0 Å². The van der Waals surface area contributed by atoms with Crippen LogP contribution < -0.4 is 17.7 Å². The molecule has 3 heteroatoms. The lowest BCUT2D eigenvalue weighted by molar-refractivity contribution is -0.711. The normalized spacial score (nSPS) is 11.6. The van der Waals surface area contributed by atoms with E-state index in [1.807, 2.05) is 6.26 Å². The molecule has 22 heavy (non-hydrogen) atoms. The molecule has 3 aromatic rings. The fourth-order valence-electron chi connectivity index (χ4n) is 2.58. The zero-order chi connectivity index (χ0) is 14.3. The third-order valence-electron chi connectivity index (χ3n) is 3.75. The van der Waals surface area contributed by atoms with Crippen molar-refractivity contribution in [3.63, 3.8) is 0 Å². The molecular formula is C19H20ClNO. The van der Waals surface area contributed by atoms with Crippen LogP contribution in [0.2, 0.25) is 0 Å². The van der Waals surface area contributed by atoms with Gasteiger partial charge in [-0.1, -0.05) is 60.7 Å². The molecule has 2 N–H and O–H groups in total. The van der Waals surface area contributed by atoms with Crippen molar-refractivity contribution in [3.05, 3.63) is 95.9 Å². The predicted molar refractivity (Wildman–Crippen MR) is 83.7 cm³/mol. The van der Waals surface area contributed by atoms with E-state index in [2.05, 4.69) is 72.0 Å². The van der Waals surface area contributed by atoms with E-state index in [4.69, 9.17) is 4.42 Å². The maximum Gasteiger partial charge on any atom is 0.119 e. The van der Waals surface area contributed by atoms with Gasteiger partial charge in [0.1, 0.15) is 12.6 Å². The van der Waals surface area contributed by atoms with Gasteiger partial charge < -0.3 is 22.1 Å². The number of halogens is 1. The van der Waals surface area contributed by atoms with E-state index >= 15 is 0 Å². The topological polar surface area (TPSA) is 29.8 Å². The molecule has 0 saturated heterocycles. The molecule has 1 heterocycles.